The Morgan fingerprint density at radius 3 is 2.42 bits per heavy atom. The highest BCUT2D eigenvalue weighted by molar-refractivity contribution is 7.90. The van der Waals surface area contributed by atoms with E-state index in [0.29, 0.717) is 6.42 Å². The molecule has 1 aromatic carbocycles. The molecule has 0 saturated carbocycles. The van der Waals surface area contributed by atoms with Gasteiger partial charge in [-0.25, -0.2) is 8.42 Å². The molecule has 0 heterocycles. The Labute approximate surface area is 114 Å². The SMILES string of the molecule is CN(CCS(C)(=O)=O)C(=O)[C@@H](N)Cc1ccccc1. The van der Waals surface area contributed by atoms with Gasteiger partial charge in [0.25, 0.3) is 0 Å². The van der Waals surface area contributed by atoms with E-state index < -0.39 is 15.9 Å². The Balaban J connectivity index is 2.52. The van der Waals surface area contributed by atoms with E-state index >= 15 is 0 Å². The fourth-order valence-electron chi connectivity index (χ4n) is 1.65. The summed E-state index contributed by atoms with van der Waals surface area (Å²) in [5.41, 5.74) is 6.83. The number of benzene rings is 1. The van der Waals surface area contributed by atoms with Crippen molar-refractivity contribution in [3.05, 3.63) is 35.9 Å². The second-order valence-electron chi connectivity index (χ2n) is 4.69. The highest BCUT2D eigenvalue weighted by Crippen LogP contribution is 2.04. The van der Waals surface area contributed by atoms with E-state index in [1.807, 2.05) is 30.3 Å². The summed E-state index contributed by atoms with van der Waals surface area (Å²) < 4.78 is 22.1. The second-order valence-corrected chi connectivity index (χ2v) is 6.95. The maximum atomic E-state index is 12.0. The van der Waals surface area contributed by atoms with Crippen LogP contribution in [0.2, 0.25) is 0 Å². The Morgan fingerprint density at radius 2 is 1.89 bits per heavy atom. The average Bonchev–Trinajstić information content (AvgIpc) is 2.35. The van der Waals surface area contributed by atoms with Crippen LogP contribution >= 0.6 is 0 Å². The third-order valence-corrected chi connectivity index (χ3v) is 3.71. The largest absolute Gasteiger partial charge is 0.343 e. The van der Waals surface area contributed by atoms with E-state index in [-0.39, 0.29) is 18.2 Å². The second kappa shape index (κ2) is 6.68. The van der Waals surface area contributed by atoms with Crippen molar-refractivity contribution in [2.75, 3.05) is 25.6 Å². The Morgan fingerprint density at radius 1 is 1.32 bits per heavy atom. The molecule has 106 valence electrons. The van der Waals surface area contributed by atoms with Gasteiger partial charge in [-0.1, -0.05) is 30.3 Å². The van der Waals surface area contributed by atoms with Crippen LogP contribution in [0, 0.1) is 0 Å². The lowest BCUT2D eigenvalue weighted by Crippen LogP contribution is -2.44. The van der Waals surface area contributed by atoms with E-state index in [2.05, 4.69) is 0 Å². The van der Waals surface area contributed by atoms with Gasteiger partial charge in [0.2, 0.25) is 5.91 Å². The molecule has 1 amide bonds. The number of carbonyl (C=O) groups excluding carboxylic acids is 1. The lowest BCUT2D eigenvalue weighted by Gasteiger charge is -2.21. The predicted molar refractivity (Wildman–Crippen MR) is 75.5 cm³/mol. The number of nitrogens with zero attached hydrogens (tertiary/aromatic N) is 1. The van der Waals surface area contributed by atoms with Gasteiger partial charge in [0.15, 0.2) is 0 Å². The smallest absolute Gasteiger partial charge is 0.239 e. The van der Waals surface area contributed by atoms with Crippen molar-refractivity contribution >= 4 is 15.7 Å². The Hall–Kier alpha value is -1.40. The Kier molecular flexibility index (Phi) is 5.50. The molecule has 0 spiro atoms. The number of likely N-dealkylation sites (N-methyl/N-ethyl adjacent to an activating group) is 1. The van der Waals surface area contributed by atoms with Gasteiger partial charge in [-0.3, -0.25) is 4.79 Å². The van der Waals surface area contributed by atoms with Gasteiger partial charge in [0, 0.05) is 19.8 Å². The van der Waals surface area contributed by atoms with Gasteiger partial charge >= 0.3 is 0 Å². The Bertz CT molecular complexity index is 514. The normalized spacial score (nSPS) is 13.0. The topological polar surface area (TPSA) is 80.5 Å². The van der Waals surface area contributed by atoms with Crippen LogP contribution < -0.4 is 5.73 Å². The third-order valence-electron chi connectivity index (χ3n) is 2.79. The van der Waals surface area contributed by atoms with Crippen molar-refractivity contribution in [1.29, 1.82) is 0 Å². The molecule has 0 aliphatic carbocycles. The summed E-state index contributed by atoms with van der Waals surface area (Å²) >= 11 is 0. The van der Waals surface area contributed by atoms with Gasteiger partial charge in [-0.2, -0.15) is 0 Å². The van der Waals surface area contributed by atoms with Crippen molar-refractivity contribution < 1.29 is 13.2 Å². The number of sulfone groups is 1. The molecule has 0 saturated heterocycles. The molecule has 1 rings (SSSR count). The van der Waals surface area contributed by atoms with Crippen LogP contribution in [0.4, 0.5) is 0 Å². The first kappa shape index (κ1) is 15.7. The van der Waals surface area contributed by atoms with Gasteiger partial charge < -0.3 is 10.6 Å². The van der Waals surface area contributed by atoms with E-state index in [9.17, 15) is 13.2 Å². The number of amides is 1. The summed E-state index contributed by atoms with van der Waals surface area (Å²) in [7, 11) is -1.50. The number of hydrogen-bond acceptors (Lipinski definition) is 4. The maximum absolute atomic E-state index is 12.0. The molecule has 0 aliphatic rings. The fourth-order valence-corrected chi connectivity index (χ4v) is 2.26. The summed E-state index contributed by atoms with van der Waals surface area (Å²) in [6.45, 7) is 0.167. The predicted octanol–water partition coefficient (Wildman–Crippen LogP) is 0.0594. The molecule has 1 atom stereocenters. The molecule has 19 heavy (non-hydrogen) atoms. The van der Waals surface area contributed by atoms with Crippen LogP contribution in [0.3, 0.4) is 0 Å². The van der Waals surface area contributed by atoms with Gasteiger partial charge in [-0.05, 0) is 12.0 Å². The molecule has 6 heteroatoms. The first-order valence-corrected chi connectivity index (χ1v) is 8.08. The standard InChI is InChI=1S/C13H20N2O3S/c1-15(8-9-19(2,17)18)13(16)12(14)10-11-6-4-3-5-7-11/h3-7,12H,8-10,14H2,1-2H3/t12-/m0/s1. The van der Waals surface area contributed by atoms with Crippen molar-refractivity contribution in [2.24, 2.45) is 5.73 Å². The van der Waals surface area contributed by atoms with Gasteiger partial charge in [0.1, 0.15) is 9.84 Å². The quantitative estimate of drug-likeness (QED) is 0.801. The van der Waals surface area contributed by atoms with Crippen LogP contribution in [0.15, 0.2) is 30.3 Å². The monoisotopic (exact) mass is 284 g/mol. The molecule has 0 fully saturated rings. The summed E-state index contributed by atoms with van der Waals surface area (Å²) in [6.07, 6.45) is 1.60. The van der Waals surface area contributed by atoms with E-state index in [0.717, 1.165) is 11.8 Å². The number of rotatable bonds is 6. The molecule has 0 bridgehead atoms. The van der Waals surface area contributed by atoms with Gasteiger partial charge in [-0.15, -0.1) is 0 Å². The van der Waals surface area contributed by atoms with Crippen LogP contribution in [0.1, 0.15) is 5.56 Å². The summed E-state index contributed by atoms with van der Waals surface area (Å²) in [5, 5.41) is 0. The zero-order valence-electron chi connectivity index (χ0n) is 11.2. The lowest BCUT2D eigenvalue weighted by molar-refractivity contribution is -0.131. The van der Waals surface area contributed by atoms with Crippen LogP contribution in [-0.2, 0) is 21.1 Å². The summed E-state index contributed by atoms with van der Waals surface area (Å²) in [5.74, 6) is -0.291. The van der Waals surface area contributed by atoms with Crippen molar-refractivity contribution in [2.45, 2.75) is 12.5 Å². The molecule has 0 aliphatic heterocycles. The summed E-state index contributed by atoms with van der Waals surface area (Å²) in [4.78, 5) is 13.3. The molecule has 0 unspecified atom stereocenters. The zero-order valence-corrected chi connectivity index (χ0v) is 12.1. The summed E-state index contributed by atoms with van der Waals surface area (Å²) in [6, 6.07) is 8.84. The highest BCUT2D eigenvalue weighted by atomic mass is 32.2. The first-order valence-electron chi connectivity index (χ1n) is 6.02. The molecule has 2 N–H and O–H groups in total. The lowest BCUT2D eigenvalue weighted by atomic mass is 10.1. The molecular formula is C13H20N2O3S. The zero-order chi connectivity index (χ0) is 14.5. The molecule has 0 aromatic heterocycles. The van der Waals surface area contributed by atoms with Crippen molar-refractivity contribution in [3.8, 4) is 0 Å². The van der Waals surface area contributed by atoms with Crippen LogP contribution in [0.25, 0.3) is 0 Å². The van der Waals surface area contributed by atoms with Crippen molar-refractivity contribution in [3.63, 3.8) is 0 Å². The number of carbonyl (C=O) groups is 1. The number of hydrogen-bond donors (Lipinski definition) is 1. The minimum atomic E-state index is -3.07. The van der Waals surface area contributed by atoms with Crippen LogP contribution in [-0.4, -0.2) is 50.9 Å². The van der Waals surface area contributed by atoms with Crippen molar-refractivity contribution in [1.82, 2.24) is 4.90 Å². The fraction of sp³-hybridized carbons (Fsp3) is 0.462. The van der Waals surface area contributed by atoms with Gasteiger partial charge in [0.05, 0.1) is 11.8 Å². The first-order chi connectivity index (χ1) is 8.79. The van der Waals surface area contributed by atoms with E-state index in [1.165, 1.54) is 4.90 Å². The molecular weight excluding hydrogens is 264 g/mol. The average molecular weight is 284 g/mol. The molecule has 0 radical (unpaired) electrons. The third kappa shape index (κ3) is 5.85. The van der Waals surface area contributed by atoms with E-state index in [1.54, 1.807) is 7.05 Å². The molecule has 5 nitrogen and oxygen atoms in total. The minimum Gasteiger partial charge on any atom is -0.343 e. The minimum absolute atomic E-state index is 0.0483. The van der Waals surface area contributed by atoms with Crippen LogP contribution in [0.5, 0.6) is 0 Å². The maximum Gasteiger partial charge on any atom is 0.239 e. The van der Waals surface area contributed by atoms with E-state index in [4.69, 9.17) is 5.73 Å². The highest BCUT2D eigenvalue weighted by Gasteiger charge is 2.19. The number of nitrogens with two attached hydrogens (primary N) is 1. The molecule has 1 aromatic rings.